The summed E-state index contributed by atoms with van der Waals surface area (Å²) < 4.78 is 31.6. The fourth-order valence-electron chi connectivity index (χ4n) is 2.19. The van der Waals surface area contributed by atoms with Crippen molar-refractivity contribution in [3.8, 4) is 0 Å². The molecule has 2 aliphatic rings. The maximum Gasteiger partial charge on any atom is 0.356 e. The number of hydrogen-bond donors (Lipinski definition) is 1. The van der Waals surface area contributed by atoms with Gasteiger partial charge >= 0.3 is 5.97 Å². The summed E-state index contributed by atoms with van der Waals surface area (Å²) in [6.45, 7) is -0.563. The molecule has 6 nitrogen and oxygen atoms in total. The minimum atomic E-state index is -2.99. The zero-order valence-electron chi connectivity index (χ0n) is 10.4. The molecule has 0 radical (unpaired) electrons. The number of nitrogens with zero attached hydrogens (tertiary/aromatic N) is 3. The van der Waals surface area contributed by atoms with Crippen molar-refractivity contribution in [2.75, 3.05) is 13.7 Å². The summed E-state index contributed by atoms with van der Waals surface area (Å²) in [4.78, 5) is 20.6. The molecule has 0 atom stereocenters. The Bertz CT molecular complexity index is 669. The molecule has 0 aliphatic carbocycles. The first-order chi connectivity index (χ1) is 9.41. The highest BCUT2D eigenvalue weighted by Crippen LogP contribution is 2.40. The van der Waals surface area contributed by atoms with Crippen LogP contribution in [0.2, 0.25) is 0 Å². The van der Waals surface area contributed by atoms with E-state index in [1.165, 1.54) is 24.3 Å². The Hall–Kier alpha value is -2.51. The lowest BCUT2D eigenvalue weighted by Crippen LogP contribution is -2.39. The van der Waals surface area contributed by atoms with E-state index in [9.17, 15) is 13.6 Å². The molecule has 0 saturated carbocycles. The number of nitrogens with two attached hydrogens (primary N) is 1. The Kier molecular flexibility index (Phi) is 2.50. The number of esters is 1. The number of pyridine rings is 1. The molecule has 3 heterocycles. The Labute approximate surface area is 112 Å². The molecule has 8 heteroatoms. The first kappa shape index (κ1) is 12.5. The second kappa shape index (κ2) is 3.99. The van der Waals surface area contributed by atoms with Gasteiger partial charge in [-0.2, -0.15) is 8.78 Å². The van der Waals surface area contributed by atoms with E-state index in [0.29, 0.717) is 11.3 Å². The zero-order chi connectivity index (χ0) is 14.5. The topological polar surface area (TPSA) is 80.8 Å². The number of carbonyl (C=O) groups is 1. The van der Waals surface area contributed by atoms with Gasteiger partial charge in [0.25, 0.3) is 5.92 Å². The Morgan fingerprint density at radius 2 is 2.30 bits per heavy atom. The van der Waals surface area contributed by atoms with Gasteiger partial charge < -0.3 is 15.4 Å². The SMILES string of the molecule is COC(=O)c1cc2c(cn1)N=C(N)N1CC(F)(F)C=C21. The summed E-state index contributed by atoms with van der Waals surface area (Å²) in [5.41, 5.74) is 6.64. The van der Waals surface area contributed by atoms with Crippen molar-refractivity contribution in [3.05, 3.63) is 29.6 Å². The molecule has 0 spiro atoms. The van der Waals surface area contributed by atoms with E-state index in [1.807, 2.05) is 0 Å². The largest absolute Gasteiger partial charge is 0.464 e. The smallest absolute Gasteiger partial charge is 0.356 e. The number of alkyl halides is 2. The van der Waals surface area contributed by atoms with Crippen LogP contribution in [0.25, 0.3) is 5.70 Å². The maximum absolute atomic E-state index is 13.5. The van der Waals surface area contributed by atoms with Crippen LogP contribution in [0, 0.1) is 0 Å². The van der Waals surface area contributed by atoms with Crippen molar-refractivity contribution >= 4 is 23.3 Å². The third kappa shape index (κ3) is 1.80. The summed E-state index contributed by atoms with van der Waals surface area (Å²) in [6, 6.07) is 1.37. The molecular formula is C12H10F2N4O2. The first-order valence-corrected chi connectivity index (χ1v) is 5.72. The predicted molar refractivity (Wildman–Crippen MR) is 66.5 cm³/mol. The summed E-state index contributed by atoms with van der Waals surface area (Å²) in [7, 11) is 1.22. The number of ether oxygens (including phenoxy) is 1. The van der Waals surface area contributed by atoms with Crippen LogP contribution in [-0.2, 0) is 4.74 Å². The van der Waals surface area contributed by atoms with Gasteiger partial charge in [0.1, 0.15) is 5.69 Å². The molecule has 104 valence electrons. The highest BCUT2D eigenvalue weighted by atomic mass is 19.3. The van der Waals surface area contributed by atoms with Crippen LogP contribution in [-0.4, -0.2) is 41.4 Å². The average Bonchev–Trinajstić information content (AvgIpc) is 2.74. The van der Waals surface area contributed by atoms with E-state index < -0.39 is 18.4 Å². The molecule has 0 saturated heterocycles. The molecule has 0 bridgehead atoms. The summed E-state index contributed by atoms with van der Waals surface area (Å²) in [5.74, 6) is -3.66. The van der Waals surface area contributed by atoms with Crippen LogP contribution in [0.1, 0.15) is 16.1 Å². The fraction of sp³-hybridized carbons (Fsp3) is 0.250. The number of halogens is 2. The van der Waals surface area contributed by atoms with E-state index in [0.717, 1.165) is 6.08 Å². The van der Waals surface area contributed by atoms with E-state index in [-0.39, 0.29) is 17.4 Å². The van der Waals surface area contributed by atoms with Crippen molar-refractivity contribution in [1.29, 1.82) is 0 Å². The number of aromatic nitrogens is 1. The highest BCUT2D eigenvalue weighted by Gasteiger charge is 2.42. The van der Waals surface area contributed by atoms with Gasteiger partial charge in [0.2, 0.25) is 5.96 Å². The number of hydrogen-bond acceptors (Lipinski definition) is 6. The molecule has 0 amide bonds. The fourth-order valence-corrected chi connectivity index (χ4v) is 2.19. The molecule has 2 aliphatic heterocycles. The van der Waals surface area contributed by atoms with Gasteiger partial charge in [-0.05, 0) is 6.07 Å². The average molecular weight is 280 g/mol. The van der Waals surface area contributed by atoms with Gasteiger partial charge in [0, 0.05) is 11.6 Å². The van der Waals surface area contributed by atoms with Crippen molar-refractivity contribution in [1.82, 2.24) is 9.88 Å². The number of aliphatic imine (C=N–C) groups is 1. The summed E-state index contributed by atoms with van der Waals surface area (Å²) >= 11 is 0. The van der Waals surface area contributed by atoms with Gasteiger partial charge in [-0.1, -0.05) is 0 Å². The lowest BCUT2D eigenvalue weighted by molar-refractivity contribution is 0.0550. The van der Waals surface area contributed by atoms with Crippen LogP contribution >= 0.6 is 0 Å². The number of carbonyl (C=O) groups excluding carboxylic acids is 1. The molecule has 1 aromatic rings. The number of fused-ring (bicyclic) bond motifs is 3. The van der Waals surface area contributed by atoms with Gasteiger partial charge in [-0.3, -0.25) is 0 Å². The first-order valence-electron chi connectivity index (χ1n) is 5.72. The number of guanidine groups is 1. The predicted octanol–water partition coefficient (Wildman–Crippen LogP) is 1.12. The van der Waals surface area contributed by atoms with Crippen LogP contribution in [0.3, 0.4) is 0 Å². The van der Waals surface area contributed by atoms with Crippen LogP contribution in [0.15, 0.2) is 23.3 Å². The third-order valence-corrected chi connectivity index (χ3v) is 3.07. The summed E-state index contributed by atoms with van der Waals surface area (Å²) in [6.07, 6.45) is 2.12. The molecule has 3 rings (SSSR count). The van der Waals surface area contributed by atoms with Gasteiger partial charge in [-0.25, -0.2) is 14.8 Å². The second-order valence-corrected chi connectivity index (χ2v) is 4.43. The number of methoxy groups -OCH3 is 1. The molecule has 0 unspecified atom stereocenters. The zero-order valence-corrected chi connectivity index (χ0v) is 10.4. The lowest BCUT2D eigenvalue weighted by atomic mass is 10.1. The summed E-state index contributed by atoms with van der Waals surface area (Å²) in [5, 5.41) is 0. The molecule has 2 N–H and O–H groups in total. The standard InChI is InChI=1S/C12H10F2N4O2/c1-20-10(19)7-2-6-8(4-16-7)17-11(15)18-5-12(13,14)3-9(6)18/h2-4H,5H2,1H3,(H2,15,17). The molecule has 20 heavy (non-hydrogen) atoms. The van der Waals surface area contributed by atoms with Crippen LogP contribution < -0.4 is 5.73 Å². The Morgan fingerprint density at radius 3 is 3.00 bits per heavy atom. The van der Waals surface area contributed by atoms with Crippen LogP contribution in [0.4, 0.5) is 14.5 Å². The Balaban J connectivity index is 2.16. The molecule has 1 aromatic heterocycles. The number of rotatable bonds is 1. The van der Waals surface area contributed by atoms with Crippen molar-refractivity contribution in [2.24, 2.45) is 10.7 Å². The third-order valence-electron chi connectivity index (χ3n) is 3.07. The van der Waals surface area contributed by atoms with E-state index in [4.69, 9.17) is 5.73 Å². The second-order valence-electron chi connectivity index (χ2n) is 4.43. The minimum Gasteiger partial charge on any atom is -0.464 e. The van der Waals surface area contributed by atoms with Crippen molar-refractivity contribution in [3.63, 3.8) is 0 Å². The van der Waals surface area contributed by atoms with Gasteiger partial charge in [0.15, 0.2) is 0 Å². The van der Waals surface area contributed by atoms with Crippen molar-refractivity contribution < 1.29 is 18.3 Å². The monoisotopic (exact) mass is 280 g/mol. The van der Waals surface area contributed by atoms with E-state index >= 15 is 0 Å². The maximum atomic E-state index is 13.5. The highest BCUT2D eigenvalue weighted by molar-refractivity contribution is 5.98. The Morgan fingerprint density at radius 1 is 1.55 bits per heavy atom. The molecule has 0 aromatic carbocycles. The quantitative estimate of drug-likeness (QED) is 0.780. The minimum absolute atomic E-state index is 0.0199. The van der Waals surface area contributed by atoms with Crippen LogP contribution in [0.5, 0.6) is 0 Å². The van der Waals surface area contributed by atoms with Gasteiger partial charge in [-0.15, -0.1) is 0 Å². The lowest BCUT2D eigenvalue weighted by Gasteiger charge is -2.26. The molecular weight excluding hydrogens is 270 g/mol. The van der Waals surface area contributed by atoms with E-state index in [2.05, 4.69) is 14.7 Å². The van der Waals surface area contributed by atoms with E-state index in [1.54, 1.807) is 0 Å². The normalized spacial score (nSPS) is 18.9. The van der Waals surface area contributed by atoms with Gasteiger partial charge in [0.05, 0.1) is 31.2 Å². The molecule has 0 fully saturated rings. The van der Waals surface area contributed by atoms with Crippen molar-refractivity contribution in [2.45, 2.75) is 5.92 Å².